The fourth-order valence-electron chi connectivity index (χ4n) is 2.46. The Hall–Kier alpha value is -2.93. The highest BCUT2D eigenvalue weighted by atomic mass is 32.1. The summed E-state index contributed by atoms with van der Waals surface area (Å²) in [6.07, 6.45) is 0. The number of thiazole rings is 1. The van der Waals surface area contributed by atoms with Crippen molar-refractivity contribution in [1.29, 1.82) is 0 Å². The zero-order valence-electron chi connectivity index (χ0n) is 14.4. The van der Waals surface area contributed by atoms with Crippen molar-refractivity contribution >= 4 is 23.1 Å². The second-order valence-electron chi connectivity index (χ2n) is 5.78. The van der Waals surface area contributed by atoms with E-state index in [4.69, 9.17) is 9.47 Å². The molecule has 1 aromatic carbocycles. The van der Waals surface area contributed by atoms with Gasteiger partial charge in [0.1, 0.15) is 12.4 Å². The minimum absolute atomic E-state index is 0.233. The van der Waals surface area contributed by atoms with Crippen LogP contribution in [0.4, 0.5) is 0 Å². The third-order valence-electron chi connectivity index (χ3n) is 3.74. The lowest BCUT2D eigenvalue weighted by atomic mass is 10.1. The third kappa shape index (κ3) is 4.37. The lowest BCUT2D eigenvalue weighted by molar-refractivity contribution is 0.0474. The van der Waals surface area contributed by atoms with Crippen LogP contribution in [0.5, 0.6) is 5.75 Å². The first-order valence-corrected chi connectivity index (χ1v) is 8.93. The van der Waals surface area contributed by atoms with Gasteiger partial charge in [-0.25, -0.2) is 9.78 Å². The summed E-state index contributed by atoms with van der Waals surface area (Å²) in [5, 5.41) is 1.91. The SMILES string of the molecule is Cc1cc(C(=O)COC(=O)c2ccc(OCc3cscn3)cc2)c(C)[nH]1. The Morgan fingerprint density at radius 3 is 2.58 bits per heavy atom. The van der Waals surface area contributed by atoms with E-state index in [0.717, 1.165) is 17.1 Å². The molecule has 26 heavy (non-hydrogen) atoms. The summed E-state index contributed by atoms with van der Waals surface area (Å²) in [5.41, 5.74) is 5.17. The number of carbonyl (C=O) groups is 2. The molecular weight excluding hydrogens is 352 g/mol. The number of ether oxygens (including phenoxy) is 2. The molecule has 0 aliphatic rings. The van der Waals surface area contributed by atoms with Gasteiger partial charge in [-0.2, -0.15) is 0 Å². The highest BCUT2D eigenvalue weighted by Gasteiger charge is 2.15. The highest BCUT2D eigenvalue weighted by Crippen LogP contribution is 2.16. The van der Waals surface area contributed by atoms with Gasteiger partial charge in [-0.15, -0.1) is 11.3 Å². The second kappa shape index (κ2) is 7.97. The maximum Gasteiger partial charge on any atom is 0.338 e. The zero-order valence-corrected chi connectivity index (χ0v) is 15.3. The predicted octanol–water partition coefficient (Wildman–Crippen LogP) is 3.71. The van der Waals surface area contributed by atoms with Crippen LogP contribution in [0.25, 0.3) is 0 Å². The number of H-pyrrole nitrogens is 1. The largest absolute Gasteiger partial charge is 0.487 e. The van der Waals surface area contributed by atoms with Gasteiger partial charge in [0, 0.05) is 22.3 Å². The number of hydrogen-bond donors (Lipinski definition) is 1. The number of benzene rings is 1. The molecule has 0 radical (unpaired) electrons. The van der Waals surface area contributed by atoms with E-state index in [9.17, 15) is 9.59 Å². The molecule has 3 rings (SSSR count). The fourth-order valence-corrected chi connectivity index (χ4v) is 3.00. The Balaban J connectivity index is 1.53. The van der Waals surface area contributed by atoms with Crippen molar-refractivity contribution in [2.24, 2.45) is 0 Å². The van der Waals surface area contributed by atoms with Crippen molar-refractivity contribution in [2.45, 2.75) is 20.5 Å². The number of aromatic amines is 1. The molecule has 0 spiro atoms. The highest BCUT2D eigenvalue weighted by molar-refractivity contribution is 7.07. The van der Waals surface area contributed by atoms with Gasteiger partial charge in [0.05, 0.1) is 16.8 Å². The van der Waals surface area contributed by atoms with Crippen LogP contribution in [0.15, 0.2) is 41.2 Å². The fraction of sp³-hybridized carbons (Fsp3) is 0.211. The van der Waals surface area contributed by atoms with Crippen LogP contribution < -0.4 is 4.74 Å². The van der Waals surface area contributed by atoms with E-state index in [1.807, 2.05) is 19.2 Å². The monoisotopic (exact) mass is 370 g/mol. The number of esters is 1. The van der Waals surface area contributed by atoms with E-state index in [1.54, 1.807) is 35.8 Å². The predicted molar refractivity (Wildman–Crippen MR) is 97.8 cm³/mol. The minimum Gasteiger partial charge on any atom is -0.487 e. The topological polar surface area (TPSA) is 81.3 Å². The van der Waals surface area contributed by atoms with Crippen LogP contribution in [0.3, 0.4) is 0 Å². The maximum atomic E-state index is 12.1. The average molecular weight is 370 g/mol. The first kappa shape index (κ1) is 17.9. The number of aryl methyl sites for hydroxylation is 2. The Bertz CT molecular complexity index is 898. The molecular formula is C19H18N2O4S. The number of ketones is 1. The molecule has 0 saturated heterocycles. The van der Waals surface area contributed by atoms with E-state index in [1.165, 1.54) is 11.3 Å². The van der Waals surface area contributed by atoms with Crippen LogP contribution in [0, 0.1) is 13.8 Å². The van der Waals surface area contributed by atoms with E-state index < -0.39 is 5.97 Å². The van der Waals surface area contributed by atoms with Gasteiger partial charge in [0.25, 0.3) is 0 Å². The lowest BCUT2D eigenvalue weighted by Gasteiger charge is -2.06. The van der Waals surface area contributed by atoms with Crippen LogP contribution in [-0.4, -0.2) is 28.3 Å². The average Bonchev–Trinajstić information content (AvgIpc) is 3.27. The number of hydrogen-bond acceptors (Lipinski definition) is 6. The number of nitrogens with one attached hydrogen (secondary N) is 1. The molecule has 0 bridgehead atoms. The number of Topliss-reactive ketones (excluding diaryl/α,β-unsaturated/α-hetero) is 1. The second-order valence-corrected chi connectivity index (χ2v) is 6.50. The van der Waals surface area contributed by atoms with Crippen LogP contribution in [0.2, 0.25) is 0 Å². The maximum absolute atomic E-state index is 12.1. The standard InChI is InChI=1S/C19H18N2O4S/c1-12-7-17(13(2)21-12)18(22)9-25-19(23)14-3-5-16(6-4-14)24-8-15-10-26-11-20-15/h3-7,10-11,21H,8-9H2,1-2H3. The molecule has 0 atom stereocenters. The van der Waals surface area contributed by atoms with Crippen LogP contribution in [0.1, 0.15) is 37.8 Å². The number of aromatic nitrogens is 2. The van der Waals surface area contributed by atoms with E-state index in [2.05, 4.69) is 9.97 Å². The van der Waals surface area contributed by atoms with Gasteiger partial charge in [-0.05, 0) is 44.2 Å². The van der Waals surface area contributed by atoms with Crippen molar-refractivity contribution in [2.75, 3.05) is 6.61 Å². The van der Waals surface area contributed by atoms with Gasteiger partial charge in [-0.1, -0.05) is 0 Å². The molecule has 6 nitrogen and oxygen atoms in total. The van der Waals surface area contributed by atoms with Crippen LogP contribution >= 0.6 is 11.3 Å². The Morgan fingerprint density at radius 2 is 1.96 bits per heavy atom. The zero-order chi connectivity index (χ0) is 18.5. The Morgan fingerprint density at radius 1 is 1.19 bits per heavy atom. The molecule has 3 aromatic rings. The molecule has 2 heterocycles. The first-order valence-electron chi connectivity index (χ1n) is 7.99. The summed E-state index contributed by atoms with van der Waals surface area (Å²) in [5.74, 6) is -0.151. The Kier molecular flexibility index (Phi) is 5.48. The van der Waals surface area contributed by atoms with E-state index >= 15 is 0 Å². The Labute approximate surface area is 154 Å². The van der Waals surface area contributed by atoms with Crippen molar-refractivity contribution in [3.05, 3.63) is 69.4 Å². The van der Waals surface area contributed by atoms with Crippen molar-refractivity contribution in [3.63, 3.8) is 0 Å². The summed E-state index contributed by atoms with van der Waals surface area (Å²) >= 11 is 1.51. The van der Waals surface area contributed by atoms with Crippen molar-refractivity contribution in [1.82, 2.24) is 9.97 Å². The van der Waals surface area contributed by atoms with Gasteiger partial charge >= 0.3 is 5.97 Å². The first-order chi connectivity index (χ1) is 12.5. The van der Waals surface area contributed by atoms with Gasteiger partial charge in [0.2, 0.25) is 5.78 Å². The molecule has 0 aliphatic heterocycles. The molecule has 0 fully saturated rings. The molecule has 0 saturated carbocycles. The van der Waals surface area contributed by atoms with Gasteiger partial charge in [0.15, 0.2) is 6.61 Å². The number of rotatable bonds is 7. The molecule has 7 heteroatoms. The minimum atomic E-state index is -0.547. The molecule has 0 aliphatic carbocycles. The van der Waals surface area contributed by atoms with Crippen LogP contribution in [-0.2, 0) is 11.3 Å². The van der Waals surface area contributed by atoms with Gasteiger partial charge < -0.3 is 14.5 Å². The summed E-state index contributed by atoms with van der Waals surface area (Å²) in [4.78, 5) is 31.4. The van der Waals surface area contributed by atoms with E-state index in [0.29, 0.717) is 23.5 Å². The summed E-state index contributed by atoms with van der Waals surface area (Å²) < 4.78 is 10.7. The third-order valence-corrected chi connectivity index (χ3v) is 4.38. The summed E-state index contributed by atoms with van der Waals surface area (Å²) in [6.45, 7) is 3.76. The molecule has 134 valence electrons. The quantitative estimate of drug-likeness (QED) is 0.506. The smallest absolute Gasteiger partial charge is 0.338 e. The summed E-state index contributed by atoms with van der Waals surface area (Å²) in [6, 6.07) is 8.33. The number of nitrogens with zero attached hydrogens (tertiary/aromatic N) is 1. The summed E-state index contributed by atoms with van der Waals surface area (Å²) in [7, 11) is 0. The molecule has 0 amide bonds. The lowest BCUT2D eigenvalue weighted by Crippen LogP contribution is -2.14. The molecule has 0 unspecified atom stereocenters. The normalized spacial score (nSPS) is 10.5. The van der Waals surface area contributed by atoms with E-state index in [-0.39, 0.29) is 12.4 Å². The van der Waals surface area contributed by atoms with Crippen molar-refractivity contribution in [3.8, 4) is 5.75 Å². The van der Waals surface area contributed by atoms with Crippen molar-refractivity contribution < 1.29 is 19.1 Å². The molecule has 2 aromatic heterocycles. The van der Waals surface area contributed by atoms with Gasteiger partial charge in [-0.3, -0.25) is 4.79 Å². The number of carbonyl (C=O) groups excluding carboxylic acids is 2. The molecule has 1 N–H and O–H groups in total.